The van der Waals surface area contributed by atoms with Crippen molar-refractivity contribution in [2.45, 2.75) is 20.0 Å². The third-order valence-corrected chi connectivity index (χ3v) is 4.87. The molecule has 0 radical (unpaired) electrons. The molecule has 1 N–H and O–H groups in total. The first kappa shape index (κ1) is 18.0. The Hall–Kier alpha value is -3.43. The van der Waals surface area contributed by atoms with Crippen LogP contribution in [0, 0.1) is 11.7 Å². The number of aryl methyl sites for hydroxylation is 1. The molecule has 1 atom stereocenters. The van der Waals surface area contributed by atoms with Crippen LogP contribution in [0.15, 0.2) is 33.9 Å². The first-order valence-corrected chi connectivity index (χ1v) is 8.73. The van der Waals surface area contributed by atoms with Gasteiger partial charge in [-0.05, 0) is 30.2 Å². The number of benzene rings is 1. The van der Waals surface area contributed by atoms with Crippen LogP contribution in [0.3, 0.4) is 0 Å². The average Bonchev–Trinajstić information content (AvgIpc) is 3.03. The largest absolute Gasteiger partial charge is 0.480 e. The van der Waals surface area contributed by atoms with E-state index in [0.717, 1.165) is 0 Å². The summed E-state index contributed by atoms with van der Waals surface area (Å²) in [5, 5.41) is 9.05. The van der Waals surface area contributed by atoms with E-state index < -0.39 is 23.8 Å². The highest BCUT2D eigenvalue weighted by atomic mass is 19.1. The van der Waals surface area contributed by atoms with Crippen molar-refractivity contribution >= 4 is 28.8 Å². The minimum Gasteiger partial charge on any atom is -0.480 e. The Labute approximate surface area is 157 Å². The minimum atomic E-state index is -1.28. The van der Waals surface area contributed by atoms with Gasteiger partial charge in [-0.2, -0.15) is 4.98 Å². The molecule has 2 aromatic heterocycles. The van der Waals surface area contributed by atoms with Crippen LogP contribution in [0.4, 0.5) is 16.0 Å². The standard InChI is InChI=1S/C18H18FN5O4/c1-10-7-22(12-5-3-11(19)4-6-12)17-20-15-14(23(17)8-10)16(27)24(9-13(25)26)18(28)21(15)2/h3-6,10H,7-9H2,1-2H3,(H,25,26). The van der Waals surface area contributed by atoms with Crippen molar-refractivity contribution in [1.82, 2.24) is 18.7 Å². The van der Waals surface area contributed by atoms with E-state index in [0.29, 0.717) is 29.3 Å². The fraction of sp³-hybridized carbons (Fsp3) is 0.333. The number of nitrogens with zero attached hydrogens (tertiary/aromatic N) is 5. The number of hydrogen-bond acceptors (Lipinski definition) is 5. The smallest absolute Gasteiger partial charge is 0.333 e. The molecule has 4 rings (SSSR count). The third kappa shape index (κ3) is 2.68. The zero-order valence-electron chi connectivity index (χ0n) is 15.3. The van der Waals surface area contributed by atoms with Crippen LogP contribution in [0.25, 0.3) is 11.2 Å². The molecule has 1 aliphatic heterocycles. The minimum absolute atomic E-state index is 0.138. The van der Waals surface area contributed by atoms with Gasteiger partial charge in [0.25, 0.3) is 5.56 Å². The van der Waals surface area contributed by atoms with Crippen molar-refractivity contribution in [1.29, 1.82) is 0 Å². The van der Waals surface area contributed by atoms with Gasteiger partial charge in [0.2, 0.25) is 5.95 Å². The molecule has 0 saturated heterocycles. The van der Waals surface area contributed by atoms with Crippen molar-refractivity contribution < 1.29 is 14.3 Å². The second-order valence-corrected chi connectivity index (χ2v) is 7.01. The number of fused-ring (bicyclic) bond motifs is 3. The molecule has 3 aromatic rings. The molecular weight excluding hydrogens is 369 g/mol. The van der Waals surface area contributed by atoms with Gasteiger partial charge in [0, 0.05) is 25.8 Å². The van der Waals surface area contributed by atoms with Crippen LogP contribution < -0.4 is 16.1 Å². The van der Waals surface area contributed by atoms with E-state index in [4.69, 9.17) is 5.11 Å². The molecular formula is C18H18FN5O4. The zero-order chi connectivity index (χ0) is 20.2. The quantitative estimate of drug-likeness (QED) is 0.717. The number of imidazole rings is 1. The van der Waals surface area contributed by atoms with Gasteiger partial charge in [0.05, 0.1) is 0 Å². The fourth-order valence-electron chi connectivity index (χ4n) is 3.62. The summed E-state index contributed by atoms with van der Waals surface area (Å²) in [5.41, 5.74) is -0.352. The van der Waals surface area contributed by atoms with Crippen LogP contribution >= 0.6 is 0 Å². The van der Waals surface area contributed by atoms with E-state index in [1.165, 1.54) is 23.7 Å². The second kappa shape index (κ2) is 6.32. The predicted molar refractivity (Wildman–Crippen MR) is 99.4 cm³/mol. The lowest BCUT2D eigenvalue weighted by molar-refractivity contribution is -0.137. The van der Waals surface area contributed by atoms with Gasteiger partial charge in [0.15, 0.2) is 11.2 Å². The Morgan fingerprint density at radius 2 is 1.93 bits per heavy atom. The van der Waals surface area contributed by atoms with E-state index in [2.05, 4.69) is 4.98 Å². The number of rotatable bonds is 3. The molecule has 1 unspecified atom stereocenters. The zero-order valence-corrected chi connectivity index (χ0v) is 15.3. The summed E-state index contributed by atoms with van der Waals surface area (Å²) in [4.78, 5) is 42.8. The first-order chi connectivity index (χ1) is 13.3. The monoisotopic (exact) mass is 387 g/mol. The van der Waals surface area contributed by atoms with Gasteiger partial charge in [0.1, 0.15) is 12.4 Å². The molecule has 0 bridgehead atoms. The molecule has 0 aliphatic carbocycles. The molecule has 0 fully saturated rings. The summed E-state index contributed by atoms with van der Waals surface area (Å²) in [5.74, 6) is -1.04. The summed E-state index contributed by atoms with van der Waals surface area (Å²) in [6, 6.07) is 5.94. The van der Waals surface area contributed by atoms with E-state index in [1.54, 1.807) is 16.7 Å². The maximum Gasteiger partial charge on any atom is 0.333 e. The Kier molecular flexibility index (Phi) is 4.06. The van der Waals surface area contributed by atoms with E-state index in [1.807, 2.05) is 11.8 Å². The van der Waals surface area contributed by atoms with Crippen LogP contribution in [0.1, 0.15) is 6.92 Å². The van der Waals surface area contributed by atoms with Crippen LogP contribution in [-0.4, -0.2) is 36.3 Å². The summed E-state index contributed by atoms with van der Waals surface area (Å²) < 4.78 is 16.9. The lowest BCUT2D eigenvalue weighted by Gasteiger charge is -2.32. The second-order valence-electron chi connectivity index (χ2n) is 7.01. The molecule has 146 valence electrons. The van der Waals surface area contributed by atoms with Crippen molar-refractivity contribution in [3.63, 3.8) is 0 Å². The van der Waals surface area contributed by atoms with E-state index >= 15 is 0 Å². The van der Waals surface area contributed by atoms with Gasteiger partial charge in [-0.3, -0.25) is 14.2 Å². The predicted octanol–water partition coefficient (Wildman–Crippen LogP) is 0.908. The molecule has 3 heterocycles. The molecule has 0 amide bonds. The first-order valence-electron chi connectivity index (χ1n) is 8.73. The number of carboxylic acid groups (broad SMARTS) is 1. The third-order valence-electron chi connectivity index (χ3n) is 4.87. The van der Waals surface area contributed by atoms with Crippen LogP contribution in [0.5, 0.6) is 0 Å². The maximum atomic E-state index is 13.3. The molecule has 28 heavy (non-hydrogen) atoms. The topological polar surface area (TPSA) is 102 Å². The highest BCUT2D eigenvalue weighted by molar-refractivity contribution is 5.77. The fourth-order valence-corrected chi connectivity index (χ4v) is 3.62. The normalized spacial score (nSPS) is 16.4. The molecule has 10 heteroatoms. The Balaban J connectivity index is 2.00. The Bertz CT molecular complexity index is 1210. The van der Waals surface area contributed by atoms with Crippen molar-refractivity contribution in [3.05, 3.63) is 50.9 Å². The van der Waals surface area contributed by atoms with Gasteiger partial charge in [-0.15, -0.1) is 0 Å². The molecule has 1 aromatic carbocycles. The number of aromatic nitrogens is 4. The van der Waals surface area contributed by atoms with Crippen molar-refractivity contribution in [3.8, 4) is 0 Å². The van der Waals surface area contributed by atoms with Crippen molar-refractivity contribution in [2.75, 3.05) is 11.4 Å². The number of hydrogen-bond donors (Lipinski definition) is 1. The van der Waals surface area contributed by atoms with Gasteiger partial charge >= 0.3 is 11.7 Å². The number of anilines is 2. The van der Waals surface area contributed by atoms with E-state index in [9.17, 15) is 18.8 Å². The highest BCUT2D eigenvalue weighted by Crippen LogP contribution is 2.32. The molecule has 0 saturated carbocycles. The summed E-state index contributed by atoms with van der Waals surface area (Å²) in [6.45, 7) is 2.37. The number of carbonyl (C=O) groups is 1. The number of carboxylic acids is 1. The lowest BCUT2D eigenvalue weighted by atomic mass is 10.1. The highest BCUT2D eigenvalue weighted by Gasteiger charge is 2.30. The number of halogens is 1. The van der Waals surface area contributed by atoms with Gasteiger partial charge < -0.3 is 14.6 Å². The van der Waals surface area contributed by atoms with Gasteiger partial charge in [-0.1, -0.05) is 6.92 Å². The van der Waals surface area contributed by atoms with E-state index in [-0.39, 0.29) is 22.9 Å². The summed E-state index contributed by atoms with van der Waals surface area (Å²) in [6.07, 6.45) is 0. The Morgan fingerprint density at radius 3 is 2.57 bits per heavy atom. The number of aliphatic carboxylic acids is 1. The Morgan fingerprint density at radius 1 is 1.25 bits per heavy atom. The molecule has 1 aliphatic rings. The molecule has 0 spiro atoms. The molecule has 9 nitrogen and oxygen atoms in total. The van der Waals surface area contributed by atoms with Crippen LogP contribution in [-0.2, 0) is 24.9 Å². The maximum absolute atomic E-state index is 13.3. The van der Waals surface area contributed by atoms with Gasteiger partial charge in [-0.25, -0.2) is 13.8 Å². The summed E-state index contributed by atoms with van der Waals surface area (Å²) >= 11 is 0. The lowest BCUT2D eigenvalue weighted by Crippen LogP contribution is -2.41. The SMILES string of the molecule is CC1CN(c2ccc(F)cc2)c2nc3c(c(=O)n(CC(=O)O)c(=O)n3C)n2C1. The average molecular weight is 387 g/mol. The summed E-state index contributed by atoms with van der Waals surface area (Å²) in [7, 11) is 1.45. The van der Waals surface area contributed by atoms with Crippen molar-refractivity contribution in [2.24, 2.45) is 13.0 Å². The van der Waals surface area contributed by atoms with Crippen LogP contribution in [0.2, 0.25) is 0 Å².